The molecular weight excluding hydrogens is 268 g/mol. The van der Waals surface area contributed by atoms with Crippen molar-refractivity contribution in [3.05, 3.63) is 24.3 Å². The fraction of sp³-hybridized carbons (Fsp3) is 0.538. The van der Waals surface area contributed by atoms with Crippen molar-refractivity contribution in [1.29, 1.82) is 0 Å². The molecule has 108 valence electrons. The predicted molar refractivity (Wildman–Crippen MR) is 72.1 cm³/mol. The predicted octanol–water partition coefficient (Wildman–Crippen LogP) is 1.87. The summed E-state index contributed by atoms with van der Waals surface area (Å²) in [5.74, 6) is 0.479. The molecule has 0 unspecified atom stereocenters. The Morgan fingerprint density at radius 1 is 1.16 bits per heavy atom. The molecule has 0 atom stereocenters. The van der Waals surface area contributed by atoms with Crippen molar-refractivity contribution >= 4 is 9.84 Å². The van der Waals surface area contributed by atoms with Gasteiger partial charge in [-0.25, -0.2) is 8.42 Å². The van der Waals surface area contributed by atoms with Gasteiger partial charge in [-0.05, 0) is 32.0 Å². The Balaban J connectivity index is 2.66. The number of hydrogen-bond acceptors (Lipinski definition) is 5. The molecule has 0 aliphatic heterocycles. The van der Waals surface area contributed by atoms with Crippen molar-refractivity contribution in [3.63, 3.8) is 0 Å². The molecule has 1 rings (SSSR count). The van der Waals surface area contributed by atoms with Crippen LogP contribution in [0.15, 0.2) is 29.2 Å². The maximum Gasteiger partial charge on any atom is 0.191 e. The molecule has 0 aromatic heterocycles. The van der Waals surface area contributed by atoms with Gasteiger partial charge in [-0.3, -0.25) is 0 Å². The number of sulfone groups is 1. The third kappa shape index (κ3) is 5.59. The van der Waals surface area contributed by atoms with Gasteiger partial charge in [0, 0.05) is 19.5 Å². The normalized spacial score (nSPS) is 11.8. The molecule has 0 spiro atoms. The van der Waals surface area contributed by atoms with Crippen LogP contribution in [-0.4, -0.2) is 40.8 Å². The van der Waals surface area contributed by atoms with Crippen LogP contribution in [-0.2, 0) is 19.3 Å². The lowest BCUT2D eigenvalue weighted by molar-refractivity contribution is -0.152. The topological polar surface area (TPSA) is 61.8 Å². The first-order valence-corrected chi connectivity index (χ1v) is 8.02. The van der Waals surface area contributed by atoms with Crippen molar-refractivity contribution in [2.24, 2.45) is 0 Å². The van der Waals surface area contributed by atoms with Crippen LogP contribution in [0.5, 0.6) is 5.75 Å². The van der Waals surface area contributed by atoms with Gasteiger partial charge in [-0.1, -0.05) is 6.07 Å². The van der Waals surface area contributed by atoms with E-state index in [-0.39, 0.29) is 11.5 Å². The van der Waals surface area contributed by atoms with Gasteiger partial charge in [0.15, 0.2) is 16.1 Å². The summed E-state index contributed by atoms with van der Waals surface area (Å²) in [6.07, 6.45) is 0.715. The van der Waals surface area contributed by atoms with Crippen LogP contribution in [0.4, 0.5) is 0 Å². The van der Waals surface area contributed by atoms with Crippen LogP contribution in [0, 0.1) is 0 Å². The largest absolute Gasteiger partial charge is 0.488 e. The monoisotopic (exact) mass is 288 g/mol. The van der Waals surface area contributed by atoms with Crippen LogP contribution in [0.1, 0.15) is 13.8 Å². The first kappa shape index (κ1) is 15.9. The van der Waals surface area contributed by atoms with Crippen LogP contribution in [0.3, 0.4) is 0 Å². The SMILES string of the molecule is CCOC(COc1cccc(S(C)(=O)=O)c1)OCC. The summed E-state index contributed by atoms with van der Waals surface area (Å²) >= 11 is 0. The third-order valence-corrected chi connectivity index (χ3v) is 3.44. The average molecular weight is 288 g/mol. The van der Waals surface area contributed by atoms with Gasteiger partial charge in [0.1, 0.15) is 12.4 Å². The minimum Gasteiger partial charge on any atom is -0.488 e. The maximum atomic E-state index is 11.4. The van der Waals surface area contributed by atoms with E-state index < -0.39 is 16.1 Å². The zero-order valence-corrected chi connectivity index (χ0v) is 12.3. The maximum absolute atomic E-state index is 11.4. The van der Waals surface area contributed by atoms with E-state index in [0.717, 1.165) is 6.26 Å². The van der Waals surface area contributed by atoms with Gasteiger partial charge in [0.2, 0.25) is 0 Å². The molecular formula is C13H20O5S. The summed E-state index contributed by atoms with van der Waals surface area (Å²) < 4.78 is 39.0. The van der Waals surface area contributed by atoms with E-state index >= 15 is 0 Å². The van der Waals surface area contributed by atoms with Crippen LogP contribution in [0.2, 0.25) is 0 Å². The number of hydrogen-bond donors (Lipinski definition) is 0. The van der Waals surface area contributed by atoms with E-state index in [0.29, 0.717) is 19.0 Å². The molecule has 0 heterocycles. The molecule has 0 N–H and O–H groups in total. The smallest absolute Gasteiger partial charge is 0.191 e. The number of rotatable bonds is 8. The van der Waals surface area contributed by atoms with Gasteiger partial charge in [-0.15, -0.1) is 0 Å². The molecule has 0 aliphatic carbocycles. The highest BCUT2D eigenvalue weighted by Gasteiger charge is 2.11. The average Bonchev–Trinajstić information content (AvgIpc) is 2.36. The highest BCUT2D eigenvalue weighted by Crippen LogP contribution is 2.17. The summed E-state index contributed by atoms with van der Waals surface area (Å²) in [5, 5.41) is 0. The minimum absolute atomic E-state index is 0.217. The van der Waals surface area contributed by atoms with E-state index in [2.05, 4.69) is 0 Å². The van der Waals surface area contributed by atoms with Crippen molar-refractivity contribution in [2.75, 3.05) is 26.1 Å². The Morgan fingerprint density at radius 3 is 2.32 bits per heavy atom. The van der Waals surface area contributed by atoms with Crippen LogP contribution >= 0.6 is 0 Å². The van der Waals surface area contributed by atoms with Crippen molar-refractivity contribution in [1.82, 2.24) is 0 Å². The lowest BCUT2D eigenvalue weighted by Gasteiger charge is -2.17. The third-order valence-electron chi connectivity index (χ3n) is 2.32. The van der Waals surface area contributed by atoms with Gasteiger partial charge < -0.3 is 14.2 Å². The van der Waals surface area contributed by atoms with E-state index in [9.17, 15) is 8.42 Å². The van der Waals surface area contributed by atoms with Gasteiger partial charge >= 0.3 is 0 Å². The van der Waals surface area contributed by atoms with E-state index in [1.807, 2.05) is 13.8 Å². The molecule has 1 aromatic carbocycles. The van der Waals surface area contributed by atoms with Crippen molar-refractivity contribution in [2.45, 2.75) is 25.0 Å². The number of ether oxygens (including phenoxy) is 3. The second-order valence-electron chi connectivity index (χ2n) is 3.90. The van der Waals surface area contributed by atoms with Gasteiger partial charge in [0.25, 0.3) is 0 Å². The molecule has 0 aliphatic rings. The Kier molecular flexibility index (Phi) is 6.27. The first-order chi connectivity index (χ1) is 8.97. The van der Waals surface area contributed by atoms with Crippen LogP contribution < -0.4 is 4.74 Å². The molecule has 0 radical (unpaired) electrons. The zero-order valence-electron chi connectivity index (χ0n) is 11.5. The van der Waals surface area contributed by atoms with Crippen LogP contribution in [0.25, 0.3) is 0 Å². The lowest BCUT2D eigenvalue weighted by atomic mass is 10.3. The quantitative estimate of drug-likeness (QED) is 0.683. The lowest BCUT2D eigenvalue weighted by Crippen LogP contribution is -2.25. The molecule has 5 nitrogen and oxygen atoms in total. The van der Waals surface area contributed by atoms with E-state index in [4.69, 9.17) is 14.2 Å². The Morgan fingerprint density at radius 2 is 1.79 bits per heavy atom. The summed E-state index contributed by atoms with van der Waals surface area (Å²) in [6.45, 7) is 5.01. The second kappa shape index (κ2) is 7.47. The Hall–Kier alpha value is -1.11. The second-order valence-corrected chi connectivity index (χ2v) is 5.91. The molecule has 1 aromatic rings. The summed E-state index contributed by atoms with van der Waals surface area (Å²) in [5.41, 5.74) is 0. The standard InChI is InChI=1S/C13H20O5S/c1-4-16-13(17-5-2)10-18-11-7-6-8-12(9-11)19(3,14)15/h6-9,13H,4-5,10H2,1-3H3. The van der Waals surface area contributed by atoms with Gasteiger partial charge in [0.05, 0.1) is 4.90 Å². The summed E-state index contributed by atoms with van der Waals surface area (Å²) in [6, 6.07) is 6.36. The molecule has 0 saturated carbocycles. The number of benzene rings is 1. The fourth-order valence-electron chi connectivity index (χ4n) is 1.48. The van der Waals surface area contributed by atoms with E-state index in [1.54, 1.807) is 12.1 Å². The highest BCUT2D eigenvalue weighted by molar-refractivity contribution is 7.90. The van der Waals surface area contributed by atoms with E-state index in [1.165, 1.54) is 12.1 Å². The minimum atomic E-state index is -3.23. The summed E-state index contributed by atoms with van der Waals surface area (Å²) in [4.78, 5) is 0.231. The fourth-order valence-corrected chi connectivity index (χ4v) is 2.13. The van der Waals surface area contributed by atoms with Gasteiger partial charge in [-0.2, -0.15) is 0 Å². The molecule has 0 saturated heterocycles. The molecule has 0 bridgehead atoms. The highest BCUT2D eigenvalue weighted by atomic mass is 32.2. The van der Waals surface area contributed by atoms with Crippen molar-refractivity contribution < 1.29 is 22.6 Å². The zero-order chi connectivity index (χ0) is 14.3. The van der Waals surface area contributed by atoms with Crippen molar-refractivity contribution in [3.8, 4) is 5.75 Å². The Labute approximate surface area is 114 Å². The first-order valence-electron chi connectivity index (χ1n) is 6.13. The molecule has 0 amide bonds. The summed E-state index contributed by atoms with van der Waals surface area (Å²) in [7, 11) is -3.23. The molecule has 19 heavy (non-hydrogen) atoms. The Bertz CT molecular complexity index is 478. The molecule has 6 heteroatoms. The molecule has 0 fully saturated rings.